The summed E-state index contributed by atoms with van der Waals surface area (Å²) in [6, 6.07) is 12.4. The van der Waals surface area contributed by atoms with Crippen molar-refractivity contribution < 1.29 is 9.66 Å². The quantitative estimate of drug-likeness (QED) is 0.553. The molecule has 0 saturated heterocycles. The number of rotatable bonds is 6. The first kappa shape index (κ1) is 15.7. The summed E-state index contributed by atoms with van der Waals surface area (Å²) in [6.45, 7) is 0.620. The number of methoxy groups -OCH3 is 1. The van der Waals surface area contributed by atoms with Crippen LogP contribution in [0.15, 0.2) is 48.8 Å². The fourth-order valence-electron chi connectivity index (χ4n) is 2.52. The standard InChI is InChI=1S/C17H16N4O3/c1-24-16-5-3-2-4-12(16)8-9-18-17-14-10-13(21(22)23)6-7-15(14)19-11-20-17/h2-7,10-11H,8-9H2,1H3,(H,18,19,20). The first-order valence-corrected chi connectivity index (χ1v) is 7.44. The first-order valence-electron chi connectivity index (χ1n) is 7.44. The third kappa shape index (κ3) is 3.24. The van der Waals surface area contributed by atoms with Crippen LogP contribution in [0.5, 0.6) is 5.75 Å². The van der Waals surface area contributed by atoms with E-state index in [-0.39, 0.29) is 5.69 Å². The van der Waals surface area contributed by atoms with Gasteiger partial charge in [-0.3, -0.25) is 10.1 Å². The number of nitrogens with zero attached hydrogens (tertiary/aromatic N) is 3. The second-order valence-corrected chi connectivity index (χ2v) is 5.17. The summed E-state index contributed by atoms with van der Waals surface area (Å²) in [7, 11) is 1.64. The molecule has 0 spiro atoms. The van der Waals surface area contributed by atoms with Crippen LogP contribution < -0.4 is 10.1 Å². The molecule has 0 saturated carbocycles. The summed E-state index contributed by atoms with van der Waals surface area (Å²) < 4.78 is 5.33. The average molecular weight is 324 g/mol. The molecular formula is C17H16N4O3. The molecule has 0 bridgehead atoms. The molecule has 0 amide bonds. The summed E-state index contributed by atoms with van der Waals surface area (Å²) in [5.41, 5.74) is 1.76. The number of benzene rings is 2. The van der Waals surface area contributed by atoms with Gasteiger partial charge in [0.1, 0.15) is 17.9 Å². The Morgan fingerprint density at radius 3 is 2.83 bits per heavy atom. The van der Waals surface area contributed by atoms with E-state index in [0.29, 0.717) is 23.3 Å². The highest BCUT2D eigenvalue weighted by Gasteiger charge is 2.10. The van der Waals surface area contributed by atoms with Crippen molar-refractivity contribution in [3.05, 3.63) is 64.5 Å². The summed E-state index contributed by atoms with van der Waals surface area (Å²) in [5, 5.41) is 14.8. The van der Waals surface area contributed by atoms with Gasteiger partial charge in [0.25, 0.3) is 5.69 Å². The summed E-state index contributed by atoms with van der Waals surface area (Å²) in [5.74, 6) is 1.42. The van der Waals surface area contributed by atoms with Crippen molar-refractivity contribution in [1.29, 1.82) is 0 Å². The SMILES string of the molecule is COc1ccccc1CCNc1ncnc2ccc([N+](=O)[O-])cc12. The molecule has 0 aliphatic heterocycles. The molecule has 0 aliphatic rings. The van der Waals surface area contributed by atoms with Crippen molar-refractivity contribution in [3.63, 3.8) is 0 Å². The van der Waals surface area contributed by atoms with Gasteiger partial charge in [-0.2, -0.15) is 0 Å². The van der Waals surface area contributed by atoms with Gasteiger partial charge in [0, 0.05) is 24.1 Å². The minimum atomic E-state index is -0.426. The Hall–Kier alpha value is -3.22. The molecule has 0 unspecified atom stereocenters. The van der Waals surface area contributed by atoms with Crippen molar-refractivity contribution in [2.75, 3.05) is 19.0 Å². The zero-order valence-corrected chi connectivity index (χ0v) is 13.1. The number of para-hydroxylation sites is 1. The maximum atomic E-state index is 11.0. The van der Waals surface area contributed by atoms with E-state index < -0.39 is 4.92 Å². The zero-order chi connectivity index (χ0) is 16.9. The minimum absolute atomic E-state index is 0.0186. The molecule has 1 aromatic heterocycles. The summed E-state index contributed by atoms with van der Waals surface area (Å²) in [4.78, 5) is 18.9. The van der Waals surface area contributed by atoms with Gasteiger partial charge in [-0.15, -0.1) is 0 Å². The average Bonchev–Trinajstić information content (AvgIpc) is 2.61. The van der Waals surface area contributed by atoms with Crippen molar-refractivity contribution >= 4 is 22.4 Å². The van der Waals surface area contributed by atoms with E-state index in [1.807, 2.05) is 24.3 Å². The largest absolute Gasteiger partial charge is 0.496 e. The van der Waals surface area contributed by atoms with Crippen molar-refractivity contribution in [2.45, 2.75) is 6.42 Å². The van der Waals surface area contributed by atoms with Crippen LogP contribution in [0.25, 0.3) is 10.9 Å². The fraction of sp³-hybridized carbons (Fsp3) is 0.176. The van der Waals surface area contributed by atoms with Crippen LogP contribution in [-0.2, 0) is 6.42 Å². The monoisotopic (exact) mass is 324 g/mol. The van der Waals surface area contributed by atoms with Crippen LogP contribution in [0.2, 0.25) is 0 Å². The Bertz CT molecular complexity index is 883. The highest BCUT2D eigenvalue weighted by atomic mass is 16.6. The van der Waals surface area contributed by atoms with Gasteiger partial charge < -0.3 is 10.1 Å². The van der Waals surface area contributed by atoms with Gasteiger partial charge in [-0.25, -0.2) is 9.97 Å². The molecule has 0 fully saturated rings. The van der Waals surface area contributed by atoms with Crippen molar-refractivity contribution in [2.24, 2.45) is 0 Å². The fourth-order valence-corrected chi connectivity index (χ4v) is 2.52. The molecular weight excluding hydrogens is 308 g/mol. The second-order valence-electron chi connectivity index (χ2n) is 5.17. The molecule has 1 N–H and O–H groups in total. The number of fused-ring (bicyclic) bond motifs is 1. The molecule has 2 aromatic carbocycles. The third-order valence-corrected chi connectivity index (χ3v) is 3.71. The lowest BCUT2D eigenvalue weighted by Gasteiger charge is -2.10. The molecule has 122 valence electrons. The third-order valence-electron chi connectivity index (χ3n) is 3.71. The lowest BCUT2D eigenvalue weighted by molar-refractivity contribution is -0.384. The maximum Gasteiger partial charge on any atom is 0.270 e. The molecule has 7 heteroatoms. The van der Waals surface area contributed by atoms with Crippen LogP contribution in [0.3, 0.4) is 0 Å². The van der Waals surface area contributed by atoms with Crippen molar-refractivity contribution in [3.8, 4) is 5.75 Å². The Kier molecular flexibility index (Phi) is 4.51. The van der Waals surface area contributed by atoms with Crippen molar-refractivity contribution in [1.82, 2.24) is 9.97 Å². The molecule has 0 radical (unpaired) electrons. The summed E-state index contributed by atoms with van der Waals surface area (Å²) >= 11 is 0. The lowest BCUT2D eigenvalue weighted by Crippen LogP contribution is -2.08. The smallest absolute Gasteiger partial charge is 0.270 e. The predicted octanol–water partition coefficient (Wildman–Crippen LogP) is 3.20. The molecule has 0 aliphatic carbocycles. The van der Waals surface area contributed by atoms with Gasteiger partial charge in [-0.1, -0.05) is 18.2 Å². The Balaban J connectivity index is 1.80. The van der Waals surface area contributed by atoms with Crippen LogP contribution in [0.1, 0.15) is 5.56 Å². The Morgan fingerprint density at radius 2 is 2.04 bits per heavy atom. The van der Waals surface area contributed by atoms with Crippen LogP contribution in [-0.4, -0.2) is 28.5 Å². The van der Waals surface area contributed by atoms with E-state index in [4.69, 9.17) is 4.74 Å². The van der Waals surface area contributed by atoms with Gasteiger partial charge in [0.05, 0.1) is 17.5 Å². The molecule has 0 atom stereocenters. The van der Waals surface area contributed by atoms with E-state index >= 15 is 0 Å². The number of nitro benzene ring substituents is 1. The second kappa shape index (κ2) is 6.91. The minimum Gasteiger partial charge on any atom is -0.496 e. The topological polar surface area (TPSA) is 90.2 Å². The van der Waals surface area contributed by atoms with E-state index in [9.17, 15) is 10.1 Å². The van der Waals surface area contributed by atoms with E-state index in [1.54, 1.807) is 13.2 Å². The molecule has 1 heterocycles. The van der Waals surface area contributed by atoms with Gasteiger partial charge in [0.15, 0.2) is 0 Å². The van der Waals surface area contributed by atoms with Crippen LogP contribution >= 0.6 is 0 Å². The van der Waals surface area contributed by atoms with E-state index in [1.165, 1.54) is 18.5 Å². The van der Waals surface area contributed by atoms with E-state index in [2.05, 4.69) is 15.3 Å². The number of ether oxygens (including phenoxy) is 1. The zero-order valence-electron chi connectivity index (χ0n) is 13.1. The molecule has 7 nitrogen and oxygen atoms in total. The van der Waals surface area contributed by atoms with Gasteiger partial charge in [0.2, 0.25) is 0 Å². The lowest BCUT2D eigenvalue weighted by atomic mass is 10.1. The Morgan fingerprint density at radius 1 is 1.21 bits per heavy atom. The van der Waals surface area contributed by atoms with E-state index in [0.717, 1.165) is 17.7 Å². The highest BCUT2D eigenvalue weighted by molar-refractivity contribution is 5.90. The predicted molar refractivity (Wildman–Crippen MR) is 91.4 cm³/mol. The number of hydrogen-bond donors (Lipinski definition) is 1. The molecule has 3 aromatic rings. The Labute approximate surface area is 138 Å². The number of aromatic nitrogens is 2. The number of anilines is 1. The molecule has 24 heavy (non-hydrogen) atoms. The number of nitrogens with one attached hydrogen (secondary N) is 1. The van der Waals surface area contributed by atoms with Gasteiger partial charge in [-0.05, 0) is 24.1 Å². The summed E-state index contributed by atoms with van der Waals surface area (Å²) in [6.07, 6.45) is 2.18. The number of nitro groups is 1. The number of non-ortho nitro benzene ring substituents is 1. The normalized spacial score (nSPS) is 10.5. The highest BCUT2D eigenvalue weighted by Crippen LogP contribution is 2.24. The molecule has 3 rings (SSSR count). The first-order chi connectivity index (χ1) is 11.7. The number of hydrogen-bond acceptors (Lipinski definition) is 6. The van der Waals surface area contributed by atoms with Gasteiger partial charge >= 0.3 is 0 Å². The maximum absolute atomic E-state index is 11.0. The van der Waals surface area contributed by atoms with Crippen LogP contribution in [0, 0.1) is 10.1 Å². The van der Waals surface area contributed by atoms with Crippen LogP contribution in [0.4, 0.5) is 11.5 Å².